The lowest BCUT2D eigenvalue weighted by atomic mass is 10.2. The fourth-order valence-electron chi connectivity index (χ4n) is 2.96. The van der Waals surface area contributed by atoms with Crippen molar-refractivity contribution in [3.8, 4) is 0 Å². The highest BCUT2D eigenvalue weighted by Crippen LogP contribution is 2.19. The smallest absolute Gasteiger partial charge is 0.279 e. The normalized spacial score (nSPS) is 14.9. The SMILES string of the molecule is O=C(C[NH+]1CCN(C(=O)c2ccc(Cl)cc2)CC1)Nc1ccccc1Cl. The lowest BCUT2D eigenvalue weighted by Crippen LogP contribution is -3.15. The molecule has 0 unspecified atom stereocenters. The summed E-state index contributed by atoms with van der Waals surface area (Å²) in [6, 6.07) is 14.1. The highest BCUT2D eigenvalue weighted by molar-refractivity contribution is 6.33. The molecule has 1 saturated heterocycles. The lowest BCUT2D eigenvalue weighted by molar-refractivity contribution is -0.895. The van der Waals surface area contributed by atoms with Crippen LogP contribution in [0, 0.1) is 0 Å². The van der Waals surface area contributed by atoms with Gasteiger partial charge in [0.25, 0.3) is 11.8 Å². The molecule has 1 fully saturated rings. The maximum Gasteiger partial charge on any atom is 0.279 e. The molecule has 0 aromatic heterocycles. The van der Waals surface area contributed by atoms with Gasteiger partial charge in [-0.25, -0.2) is 0 Å². The fraction of sp³-hybridized carbons (Fsp3) is 0.263. The van der Waals surface area contributed by atoms with Crippen LogP contribution in [-0.4, -0.2) is 49.4 Å². The number of quaternary nitrogens is 1. The van der Waals surface area contributed by atoms with Gasteiger partial charge in [-0.1, -0.05) is 35.3 Å². The van der Waals surface area contributed by atoms with Crippen molar-refractivity contribution in [2.24, 2.45) is 0 Å². The van der Waals surface area contributed by atoms with Crippen molar-refractivity contribution in [3.63, 3.8) is 0 Å². The van der Waals surface area contributed by atoms with Gasteiger partial charge in [-0.05, 0) is 36.4 Å². The van der Waals surface area contributed by atoms with Crippen LogP contribution in [-0.2, 0) is 4.79 Å². The van der Waals surface area contributed by atoms with Crippen LogP contribution in [0.3, 0.4) is 0 Å². The Morgan fingerprint density at radius 3 is 2.31 bits per heavy atom. The summed E-state index contributed by atoms with van der Waals surface area (Å²) in [6.07, 6.45) is 0. The van der Waals surface area contributed by atoms with Gasteiger partial charge in [0.15, 0.2) is 6.54 Å². The van der Waals surface area contributed by atoms with Crippen LogP contribution in [0.4, 0.5) is 5.69 Å². The first kappa shape index (κ1) is 18.7. The average Bonchev–Trinajstić information content (AvgIpc) is 2.64. The molecular weight excluding hydrogens is 373 g/mol. The van der Waals surface area contributed by atoms with Crippen molar-refractivity contribution in [1.82, 2.24) is 4.90 Å². The van der Waals surface area contributed by atoms with Crippen LogP contribution < -0.4 is 10.2 Å². The molecule has 136 valence electrons. The van der Waals surface area contributed by atoms with Gasteiger partial charge < -0.3 is 15.1 Å². The standard InChI is InChI=1S/C19H19Cl2N3O2/c20-15-7-5-14(6-8-15)19(26)24-11-9-23(10-12-24)13-18(25)22-17-4-2-1-3-16(17)21/h1-8H,9-13H2,(H,22,25)/p+1. The topological polar surface area (TPSA) is 53.9 Å². The third-order valence-corrected chi connectivity index (χ3v) is 4.99. The molecule has 2 aromatic rings. The Hall–Kier alpha value is -2.08. The van der Waals surface area contributed by atoms with E-state index in [-0.39, 0.29) is 11.8 Å². The molecule has 2 aromatic carbocycles. The molecule has 0 bridgehead atoms. The number of rotatable bonds is 4. The van der Waals surface area contributed by atoms with Gasteiger partial charge >= 0.3 is 0 Å². The maximum atomic E-state index is 12.5. The molecule has 0 saturated carbocycles. The minimum Gasteiger partial charge on any atom is -0.327 e. The molecule has 3 rings (SSSR count). The van der Waals surface area contributed by atoms with E-state index >= 15 is 0 Å². The summed E-state index contributed by atoms with van der Waals surface area (Å²) in [4.78, 5) is 27.7. The van der Waals surface area contributed by atoms with Crippen molar-refractivity contribution in [1.29, 1.82) is 0 Å². The predicted octanol–water partition coefficient (Wildman–Crippen LogP) is 1.97. The Morgan fingerprint density at radius 1 is 1.00 bits per heavy atom. The van der Waals surface area contributed by atoms with E-state index in [1.54, 1.807) is 36.4 Å². The van der Waals surface area contributed by atoms with Crippen LogP contribution in [0.1, 0.15) is 10.4 Å². The summed E-state index contributed by atoms with van der Waals surface area (Å²) in [7, 11) is 0. The van der Waals surface area contributed by atoms with Gasteiger partial charge in [-0.3, -0.25) is 9.59 Å². The zero-order chi connectivity index (χ0) is 18.5. The monoisotopic (exact) mass is 392 g/mol. The average molecular weight is 393 g/mol. The van der Waals surface area contributed by atoms with Crippen molar-refractivity contribution in [2.45, 2.75) is 0 Å². The number of nitrogens with one attached hydrogen (secondary N) is 2. The summed E-state index contributed by atoms with van der Waals surface area (Å²) >= 11 is 11.9. The van der Waals surface area contributed by atoms with E-state index in [1.807, 2.05) is 17.0 Å². The number of carbonyl (C=O) groups is 2. The van der Waals surface area contributed by atoms with Gasteiger partial charge in [0.05, 0.1) is 36.9 Å². The van der Waals surface area contributed by atoms with E-state index in [4.69, 9.17) is 23.2 Å². The molecule has 7 heteroatoms. The molecule has 1 aliphatic rings. The maximum absolute atomic E-state index is 12.5. The van der Waals surface area contributed by atoms with Gasteiger partial charge in [0.2, 0.25) is 0 Å². The zero-order valence-corrected chi connectivity index (χ0v) is 15.7. The molecule has 0 radical (unpaired) electrons. The molecule has 2 amide bonds. The largest absolute Gasteiger partial charge is 0.327 e. The van der Waals surface area contributed by atoms with Crippen molar-refractivity contribution in [3.05, 3.63) is 64.1 Å². The molecule has 1 heterocycles. The van der Waals surface area contributed by atoms with Crippen molar-refractivity contribution >= 4 is 40.7 Å². The third-order valence-electron chi connectivity index (χ3n) is 4.41. The van der Waals surface area contributed by atoms with Crippen LogP contribution in [0.15, 0.2) is 48.5 Å². The molecule has 0 spiro atoms. The zero-order valence-electron chi connectivity index (χ0n) is 14.2. The summed E-state index contributed by atoms with van der Waals surface area (Å²) in [5, 5.41) is 3.97. The number of hydrogen-bond donors (Lipinski definition) is 2. The Balaban J connectivity index is 1.49. The summed E-state index contributed by atoms with van der Waals surface area (Å²) in [5.74, 6) is -0.0770. The van der Waals surface area contributed by atoms with Gasteiger partial charge in [0, 0.05) is 10.6 Å². The number of anilines is 1. The van der Waals surface area contributed by atoms with Crippen LogP contribution in [0.2, 0.25) is 10.0 Å². The van der Waals surface area contributed by atoms with E-state index in [1.165, 1.54) is 0 Å². The lowest BCUT2D eigenvalue weighted by Gasteiger charge is -2.32. The van der Waals surface area contributed by atoms with E-state index < -0.39 is 0 Å². The fourth-order valence-corrected chi connectivity index (χ4v) is 3.27. The highest BCUT2D eigenvalue weighted by atomic mass is 35.5. The van der Waals surface area contributed by atoms with Crippen LogP contribution >= 0.6 is 23.2 Å². The number of hydrogen-bond acceptors (Lipinski definition) is 2. The Bertz CT molecular complexity index is 788. The Labute approximate surface area is 162 Å². The van der Waals surface area contributed by atoms with E-state index in [0.29, 0.717) is 40.9 Å². The number of halogens is 2. The molecule has 0 atom stereocenters. The molecule has 0 aliphatic carbocycles. The second kappa shape index (κ2) is 8.54. The molecule has 5 nitrogen and oxygen atoms in total. The van der Waals surface area contributed by atoms with Crippen LogP contribution in [0.25, 0.3) is 0 Å². The highest BCUT2D eigenvalue weighted by Gasteiger charge is 2.26. The summed E-state index contributed by atoms with van der Waals surface area (Å²) < 4.78 is 0. The molecular formula is C19H20Cl2N3O2+. The van der Waals surface area contributed by atoms with Crippen molar-refractivity contribution < 1.29 is 14.5 Å². The predicted molar refractivity (Wildman–Crippen MR) is 103 cm³/mol. The number of nitrogens with zero attached hydrogens (tertiary/aromatic N) is 1. The Morgan fingerprint density at radius 2 is 1.65 bits per heavy atom. The van der Waals surface area contributed by atoms with E-state index in [0.717, 1.165) is 18.0 Å². The van der Waals surface area contributed by atoms with Crippen LogP contribution in [0.5, 0.6) is 0 Å². The molecule has 1 aliphatic heterocycles. The number of benzene rings is 2. The van der Waals surface area contributed by atoms with E-state index in [9.17, 15) is 9.59 Å². The van der Waals surface area contributed by atoms with E-state index in [2.05, 4.69) is 5.32 Å². The summed E-state index contributed by atoms with van der Waals surface area (Å²) in [5.41, 5.74) is 1.25. The first-order valence-corrected chi connectivity index (χ1v) is 9.21. The minimum atomic E-state index is -0.0782. The number of piperazine rings is 1. The van der Waals surface area contributed by atoms with Gasteiger partial charge in [0.1, 0.15) is 0 Å². The summed E-state index contributed by atoms with van der Waals surface area (Å²) in [6.45, 7) is 3.06. The first-order valence-electron chi connectivity index (χ1n) is 8.46. The van der Waals surface area contributed by atoms with Gasteiger partial charge in [-0.2, -0.15) is 0 Å². The minimum absolute atomic E-state index is 0.00114. The Kier molecular flexibility index (Phi) is 6.14. The number of carbonyl (C=O) groups excluding carboxylic acids is 2. The van der Waals surface area contributed by atoms with Crippen molar-refractivity contribution in [2.75, 3.05) is 38.0 Å². The molecule has 26 heavy (non-hydrogen) atoms. The first-order chi connectivity index (χ1) is 12.5. The number of amides is 2. The third kappa shape index (κ3) is 4.75. The second-order valence-electron chi connectivity index (χ2n) is 6.25. The number of para-hydroxylation sites is 1. The second-order valence-corrected chi connectivity index (χ2v) is 7.10. The molecule has 2 N–H and O–H groups in total. The van der Waals surface area contributed by atoms with Gasteiger partial charge in [-0.15, -0.1) is 0 Å². The quantitative estimate of drug-likeness (QED) is 0.835.